The van der Waals surface area contributed by atoms with Crippen molar-refractivity contribution in [3.05, 3.63) is 64.7 Å². The Morgan fingerprint density at radius 2 is 1.88 bits per heavy atom. The Morgan fingerprint density at radius 3 is 2.62 bits per heavy atom. The Kier molecular flexibility index (Phi) is 5.51. The number of carbonyl (C=O) groups excluding carboxylic acids is 3. The summed E-state index contributed by atoms with van der Waals surface area (Å²) in [5.74, 6) is -1.28. The molecule has 166 valence electrons. The van der Waals surface area contributed by atoms with E-state index >= 15 is 0 Å². The molecule has 4 unspecified atom stereocenters. The Morgan fingerprint density at radius 1 is 1.09 bits per heavy atom. The summed E-state index contributed by atoms with van der Waals surface area (Å²) in [5, 5.41) is 6.84. The smallest absolute Gasteiger partial charge is 0.250 e. The first-order chi connectivity index (χ1) is 15.5. The van der Waals surface area contributed by atoms with E-state index in [9.17, 15) is 14.4 Å². The first kappa shape index (κ1) is 21.5. The van der Waals surface area contributed by atoms with Gasteiger partial charge in [-0.05, 0) is 48.6 Å². The molecule has 6 nitrogen and oxygen atoms in total. The monoisotopic (exact) mass is 469 g/mol. The SMILES string of the molecule is CSCCC1NC2(C(=O)Nc3ccc(Cl)cc32)C2C(=O)N(CCc3ccccc3)C(=O)C12. The molecule has 0 saturated carbocycles. The molecular weight excluding hydrogens is 446 g/mol. The second-order valence-electron chi connectivity index (χ2n) is 8.55. The average molecular weight is 470 g/mol. The molecule has 3 amide bonds. The molecule has 3 heterocycles. The van der Waals surface area contributed by atoms with Crippen molar-refractivity contribution in [3.8, 4) is 0 Å². The van der Waals surface area contributed by atoms with Gasteiger partial charge in [-0.15, -0.1) is 0 Å². The fourth-order valence-corrected chi connectivity index (χ4v) is 6.09. The van der Waals surface area contributed by atoms with Crippen molar-refractivity contribution in [2.24, 2.45) is 11.8 Å². The summed E-state index contributed by atoms with van der Waals surface area (Å²) in [4.78, 5) is 41.9. The number of thioether (sulfide) groups is 1. The molecule has 0 aliphatic carbocycles. The van der Waals surface area contributed by atoms with E-state index in [0.29, 0.717) is 35.7 Å². The third-order valence-electron chi connectivity index (χ3n) is 6.87. The number of nitrogens with zero attached hydrogens (tertiary/aromatic N) is 1. The topological polar surface area (TPSA) is 78.5 Å². The molecule has 0 bridgehead atoms. The molecule has 0 aromatic heterocycles. The summed E-state index contributed by atoms with van der Waals surface area (Å²) in [6.45, 7) is 0.310. The van der Waals surface area contributed by atoms with Gasteiger partial charge in [0.1, 0.15) is 5.54 Å². The standard InChI is InChI=1S/C24H24ClN3O3S/c1-32-12-10-18-19-20(22(30)28(21(19)29)11-9-14-5-3-2-4-6-14)24(27-18)16-13-15(25)7-8-17(16)26-23(24)31/h2-8,13,18-20,27H,9-12H2,1H3,(H,26,31). The molecule has 4 atom stereocenters. The number of benzene rings is 2. The number of hydrogen-bond donors (Lipinski definition) is 2. The van der Waals surface area contributed by atoms with Crippen LogP contribution in [0.5, 0.6) is 0 Å². The minimum absolute atomic E-state index is 0.185. The summed E-state index contributed by atoms with van der Waals surface area (Å²) >= 11 is 7.96. The number of carbonyl (C=O) groups is 3. The van der Waals surface area contributed by atoms with Crippen LogP contribution in [0, 0.1) is 11.8 Å². The number of likely N-dealkylation sites (tertiary alicyclic amines) is 1. The Labute approximate surface area is 196 Å². The Balaban J connectivity index is 1.53. The molecule has 2 aromatic carbocycles. The fourth-order valence-electron chi connectivity index (χ4n) is 5.43. The number of halogens is 1. The summed E-state index contributed by atoms with van der Waals surface area (Å²) in [6, 6.07) is 14.7. The van der Waals surface area contributed by atoms with Crippen molar-refractivity contribution >= 4 is 46.8 Å². The van der Waals surface area contributed by atoms with Gasteiger partial charge >= 0.3 is 0 Å². The third kappa shape index (κ3) is 3.17. The Hall–Kier alpha value is -2.35. The quantitative estimate of drug-likeness (QED) is 0.636. The maximum atomic E-state index is 13.7. The van der Waals surface area contributed by atoms with Gasteiger partial charge in [0, 0.05) is 28.9 Å². The highest BCUT2D eigenvalue weighted by molar-refractivity contribution is 7.98. The van der Waals surface area contributed by atoms with Gasteiger partial charge in [0.05, 0.1) is 11.8 Å². The van der Waals surface area contributed by atoms with Crippen molar-refractivity contribution in [3.63, 3.8) is 0 Å². The van der Waals surface area contributed by atoms with E-state index in [-0.39, 0.29) is 23.8 Å². The summed E-state index contributed by atoms with van der Waals surface area (Å²) in [7, 11) is 0. The molecule has 3 aliphatic heterocycles. The number of fused-ring (bicyclic) bond motifs is 4. The molecule has 2 aromatic rings. The van der Waals surface area contributed by atoms with E-state index in [1.54, 1.807) is 30.0 Å². The lowest BCUT2D eigenvalue weighted by molar-refractivity contribution is -0.142. The van der Waals surface area contributed by atoms with E-state index in [4.69, 9.17) is 11.6 Å². The number of amides is 3. The lowest BCUT2D eigenvalue weighted by atomic mass is 9.76. The van der Waals surface area contributed by atoms with E-state index in [1.807, 2.05) is 36.6 Å². The second-order valence-corrected chi connectivity index (χ2v) is 9.97. The zero-order valence-electron chi connectivity index (χ0n) is 17.6. The van der Waals surface area contributed by atoms with Crippen molar-refractivity contribution < 1.29 is 14.4 Å². The largest absolute Gasteiger partial charge is 0.324 e. The van der Waals surface area contributed by atoms with Gasteiger partial charge in [-0.3, -0.25) is 24.6 Å². The van der Waals surface area contributed by atoms with E-state index < -0.39 is 17.4 Å². The maximum absolute atomic E-state index is 13.7. The van der Waals surface area contributed by atoms with Crippen LogP contribution in [-0.4, -0.2) is 47.2 Å². The van der Waals surface area contributed by atoms with Crippen LogP contribution in [0.15, 0.2) is 48.5 Å². The molecular formula is C24H24ClN3O3S. The van der Waals surface area contributed by atoms with Crippen LogP contribution < -0.4 is 10.6 Å². The summed E-state index contributed by atoms with van der Waals surface area (Å²) < 4.78 is 0. The minimum Gasteiger partial charge on any atom is -0.324 e. The molecule has 32 heavy (non-hydrogen) atoms. The fraction of sp³-hybridized carbons (Fsp3) is 0.375. The van der Waals surface area contributed by atoms with Crippen LogP contribution in [0.2, 0.25) is 5.02 Å². The van der Waals surface area contributed by atoms with Gasteiger partial charge < -0.3 is 5.32 Å². The van der Waals surface area contributed by atoms with Crippen LogP contribution in [-0.2, 0) is 26.3 Å². The number of imide groups is 1. The molecule has 2 saturated heterocycles. The van der Waals surface area contributed by atoms with E-state index in [0.717, 1.165) is 11.3 Å². The van der Waals surface area contributed by atoms with E-state index in [1.165, 1.54) is 4.90 Å². The highest BCUT2D eigenvalue weighted by Gasteiger charge is 2.70. The van der Waals surface area contributed by atoms with E-state index in [2.05, 4.69) is 10.6 Å². The van der Waals surface area contributed by atoms with Crippen LogP contribution in [0.1, 0.15) is 17.5 Å². The van der Waals surface area contributed by atoms with Gasteiger partial charge in [-0.2, -0.15) is 11.8 Å². The van der Waals surface area contributed by atoms with Crippen LogP contribution in [0.25, 0.3) is 0 Å². The Bertz CT molecular complexity index is 1100. The van der Waals surface area contributed by atoms with Crippen molar-refractivity contribution in [1.29, 1.82) is 0 Å². The highest BCUT2D eigenvalue weighted by Crippen LogP contribution is 2.53. The zero-order valence-corrected chi connectivity index (χ0v) is 19.2. The number of hydrogen-bond acceptors (Lipinski definition) is 5. The predicted octanol–water partition coefficient (Wildman–Crippen LogP) is 3.06. The van der Waals surface area contributed by atoms with Crippen molar-refractivity contribution in [1.82, 2.24) is 10.2 Å². The normalized spacial score (nSPS) is 28.4. The van der Waals surface area contributed by atoms with Gasteiger partial charge in [0.15, 0.2) is 0 Å². The number of nitrogens with one attached hydrogen (secondary N) is 2. The van der Waals surface area contributed by atoms with Gasteiger partial charge in [-0.1, -0.05) is 41.9 Å². The van der Waals surface area contributed by atoms with Crippen LogP contribution in [0.3, 0.4) is 0 Å². The predicted molar refractivity (Wildman–Crippen MR) is 126 cm³/mol. The minimum atomic E-state index is -1.28. The molecule has 2 N–H and O–H groups in total. The molecule has 3 aliphatic rings. The van der Waals surface area contributed by atoms with Gasteiger partial charge in [0.25, 0.3) is 0 Å². The number of anilines is 1. The van der Waals surface area contributed by atoms with Crippen molar-refractivity contribution in [2.75, 3.05) is 23.9 Å². The molecule has 1 spiro atoms. The van der Waals surface area contributed by atoms with Crippen LogP contribution in [0.4, 0.5) is 5.69 Å². The molecule has 5 rings (SSSR count). The maximum Gasteiger partial charge on any atom is 0.250 e. The van der Waals surface area contributed by atoms with Gasteiger partial charge in [0.2, 0.25) is 17.7 Å². The second kappa shape index (κ2) is 8.21. The first-order valence-corrected chi connectivity index (χ1v) is 12.5. The highest BCUT2D eigenvalue weighted by atomic mass is 35.5. The van der Waals surface area contributed by atoms with Crippen LogP contribution >= 0.6 is 23.4 Å². The first-order valence-electron chi connectivity index (χ1n) is 10.7. The van der Waals surface area contributed by atoms with Gasteiger partial charge in [-0.25, -0.2) is 0 Å². The average Bonchev–Trinajstić information content (AvgIpc) is 3.37. The third-order valence-corrected chi connectivity index (χ3v) is 7.75. The molecule has 8 heteroatoms. The molecule has 0 radical (unpaired) electrons. The molecule has 2 fully saturated rings. The summed E-state index contributed by atoms with van der Waals surface area (Å²) in [6.07, 6.45) is 3.29. The lowest BCUT2D eigenvalue weighted by Crippen LogP contribution is -2.53. The van der Waals surface area contributed by atoms with Crippen molar-refractivity contribution in [2.45, 2.75) is 24.4 Å². The number of rotatable bonds is 6. The zero-order chi connectivity index (χ0) is 22.5. The lowest BCUT2D eigenvalue weighted by Gasteiger charge is -2.29. The summed E-state index contributed by atoms with van der Waals surface area (Å²) in [5.41, 5.74) is 1.08.